The fourth-order valence-electron chi connectivity index (χ4n) is 9.07. The van der Waals surface area contributed by atoms with Crippen molar-refractivity contribution in [2.45, 2.75) is 0 Å². The second kappa shape index (κ2) is 15.6. The van der Waals surface area contributed by atoms with Gasteiger partial charge in [-0.25, -0.2) is 0 Å². The lowest BCUT2D eigenvalue weighted by atomic mass is 9.87. The van der Waals surface area contributed by atoms with Crippen LogP contribution in [-0.2, 0) is 0 Å². The van der Waals surface area contributed by atoms with Crippen molar-refractivity contribution >= 4 is 49.4 Å². The van der Waals surface area contributed by atoms with E-state index in [-0.39, 0.29) is 0 Å². The van der Waals surface area contributed by atoms with Crippen LogP contribution in [0.2, 0.25) is 0 Å². The van der Waals surface area contributed by atoms with E-state index in [0.29, 0.717) is 0 Å². The van der Waals surface area contributed by atoms with Crippen molar-refractivity contribution in [3.05, 3.63) is 249 Å². The van der Waals surface area contributed by atoms with Crippen LogP contribution in [0.4, 0.5) is 17.1 Å². The molecule has 0 saturated carbocycles. The molecule has 0 aliphatic carbocycles. The molecule has 0 atom stereocenters. The number of hydrogen-bond donors (Lipinski definition) is 0. The van der Waals surface area contributed by atoms with Gasteiger partial charge in [0.1, 0.15) is 0 Å². The molecule has 0 aliphatic heterocycles. The van der Waals surface area contributed by atoms with Gasteiger partial charge in [-0.1, -0.05) is 206 Å². The summed E-state index contributed by atoms with van der Waals surface area (Å²) >= 11 is 0. The third-order valence-electron chi connectivity index (χ3n) is 12.0. The average Bonchev–Trinajstić information content (AvgIpc) is 3.34. The summed E-state index contributed by atoms with van der Waals surface area (Å²) in [4.78, 5) is 2.41. The van der Waals surface area contributed by atoms with Crippen LogP contribution in [0.15, 0.2) is 249 Å². The lowest BCUT2D eigenvalue weighted by Crippen LogP contribution is -2.10. The maximum Gasteiger partial charge on any atom is 0.0468 e. The molecule has 61 heavy (non-hydrogen) atoms. The van der Waals surface area contributed by atoms with Gasteiger partial charge in [-0.3, -0.25) is 0 Å². The van der Waals surface area contributed by atoms with Crippen molar-refractivity contribution in [1.29, 1.82) is 0 Å². The van der Waals surface area contributed by atoms with Gasteiger partial charge in [0.2, 0.25) is 0 Å². The molecule has 0 unspecified atom stereocenters. The number of nitrogens with zero attached hydrogens (tertiary/aromatic N) is 1. The van der Waals surface area contributed by atoms with E-state index in [4.69, 9.17) is 0 Å². The van der Waals surface area contributed by atoms with Crippen LogP contribution in [-0.4, -0.2) is 0 Å². The van der Waals surface area contributed by atoms with Crippen molar-refractivity contribution in [1.82, 2.24) is 0 Å². The summed E-state index contributed by atoms with van der Waals surface area (Å²) in [6.07, 6.45) is 0. The summed E-state index contributed by atoms with van der Waals surface area (Å²) in [7, 11) is 0. The average molecular weight is 776 g/mol. The van der Waals surface area contributed by atoms with E-state index in [1.165, 1.54) is 88.0 Å². The second-order valence-corrected chi connectivity index (χ2v) is 15.7. The summed E-state index contributed by atoms with van der Waals surface area (Å²) in [5, 5.41) is 7.43. The van der Waals surface area contributed by atoms with Crippen LogP contribution in [0.25, 0.3) is 88.0 Å². The van der Waals surface area contributed by atoms with Crippen molar-refractivity contribution in [2.24, 2.45) is 0 Å². The fraction of sp³-hybridized carbons (Fsp3) is 0. The summed E-state index contributed by atoms with van der Waals surface area (Å²) in [6.45, 7) is 0. The first-order valence-corrected chi connectivity index (χ1v) is 21.0. The minimum atomic E-state index is 1.08. The smallest absolute Gasteiger partial charge is 0.0468 e. The van der Waals surface area contributed by atoms with Crippen LogP contribution in [0.3, 0.4) is 0 Å². The summed E-state index contributed by atoms with van der Waals surface area (Å²) in [5.74, 6) is 0. The molecule has 0 aliphatic rings. The highest BCUT2D eigenvalue weighted by atomic mass is 15.1. The third-order valence-corrected chi connectivity index (χ3v) is 12.0. The van der Waals surface area contributed by atoms with E-state index in [2.05, 4.69) is 254 Å². The maximum absolute atomic E-state index is 2.41. The molecule has 0 fully saturated rings. The summed E-state index contributed by atoms with van der Waals surface area (Å²) in [5.41, 5.74) is 15.3. The summed E-state index contributed by atoms with van der Waals surface area (Å²) in [6, 6.07) is 90.6. The highest BCUT2D eigenvalue weighted by Crippen LogP contribution is 2.45. The Kier molecular flexibility index (Phi) is 9.26. The van der Waals surface area contributed by atoms with Gasteiger partial charge in [0.05, 0.1) is 0 Å². The van der Waals surface area contributed by atoms with Gasteiger partial charge in [0, 0.05) is 17.1 Å². The van der Waals surface area contributed by atoms with Gasteiger partial charge in [-0.05, 0) is 130 Å². The molecule has 0 N–H and O–H groups in total. The lowest BCUT2D eigenvalue weighted by Gasteiger charge is -2.27. The van der Waals surface area contributed by atoms with E-state index >= 15 is 0 Å². The highest BCUT2D eigenvalue weighted by Gasteiger charge is 2.19. The summed E-state index contributed by atoms with van der Waals surface area (Å²) < 4.78 is 0. The molecule has 1 heteroatoms. The maximum atomic E-state index is 2.41. The normalized spacial score (nSPS) is 11.3. The number of benzene rings is 11. The van der Waals surface area contributed by atoms with E-state index in [1.54, 1.807) is 0 Å². The quantitative estimate of drug-likeness (QED) is 0.139. The molecule has 0 aromatic heterocycles. The van der Waals surface area contributed by atoms with E-state index < -0.39 is 0 Å². The third kappa shape index (κ3) is 6.83. The van der Waals surface area contributed by atoms with E-state index in [9.17, 15) is 0 Å². The number of rotatable bonds is 8. The molecule has 11 aromatic carbocycles. The van der Waals surface area contributed by atoms with Crippen LogP contribution < -0.4 is 4.90 Å². The molecule has 0 radical (unpaired) electrons. The van der Waals surface area contributed by atoms with Gasteiger partial charge in [-0.2, -0.15) is 0 Å². The minimum absolute atomic E-state index is 1.08. The fourth-order valence-corrected chi connectivity index (χ4v) is 9.07. The number of anilines is 3. The van der Waals surface area contributed by atoms with Crippen LogP contribution >= 0.6 is 0 Å². The zero-order valence-corrected chi connectivity index (χ0v) is 33.6. The topological polar surface area (TPSA) is 3.24 Å². The predicted octanol–water partition coefficient (Wildman–Crippen LogP) is 17.0. The zero-order chi connectivity index (χ0) is 40.5. The first kappa shape index (κ1) is 36.1. The van der Waals surface area contributed by atoms with Crippen LogP contribution in [0.1, 0.15) is 0 Å². The predicted molar refractivity (Wildman–Crippen MR) is 261 cm³/mol. The molecule has 0 bridgehead atoms. The molecular weight excluding hydrogens is 735 g/mol. The molecular formula is C60H41N. The molecule has 0 heterocycles. The Labute approximate surface area is 357 Å². The van der Waals surface area contributed by atoms with Crippen LogP contribution in [0.5, 0.6) is 0 Å². The zero-order valence-electron chi connectivity index (χ0n) is 33.6. The molecule has 11 aromatic rings. The molecule has 0 saturated heterocycles. The standard InChI is InChI=1S/C60H41N/c1-4-16-43(17-5-1)55-38-37-53(41-58(55)44-18-6-2-7-19-44)61(52-36-33-47-29-28-45-20-12-13-24-54(45)59(47)40-52)51-34-31-46(32-35-51)56-25-14-26-57(60(56)48-21-8-3-9-22-48)50-30-27-42-15-10-11-23-49(42)39-50/h1-41H. The van der Waals surface area contributed by atoms with Crippen molar-refractivity contribution in [3.63, 3.8) is 0 Å². The first-order valence-electron chi connectivity index (χ1n) is 21.0. The molecule has 286 valence electrons. The Morgan fingerprint density at radius 1 is 0.213 bits per heavy atom. The Bertz CT molecular complexity index is 3330. The van der Waals surface area contributed by atoms with Crippen molar-refractivity contribution in [2.75, 3.05) is 4.90 Å². The SMILES string of the molecule is c1ccc(-c2ccc(N(c3ccc(-c4cccc(-c5ccc6ccccc6c5)c4-c4ccccc4)cc3)c3ccc4ccc5ccccc5c4c3)cc2-c2ccccc2)cc1. The Hall–Kier alpha value is -8.00. The molecule has 0 spiro atoms. The molecule has 1 nitrogen and oxygen atoms in total. The number of hydrogen-bond acceptors (Lipinski definition) is 1. The van der Waals surface area contributed by atoms with Crippen molar-refractivity contribution < 1.29 is 0 Å². The van der Waals surface area contributed by atoms with E-state index in [1.807, 2.05) is 0 Å². The van der Waals surface area contributed by atoms with Gasteiger partial charge >= 0.3 is 0 Å². The lowest BCUT2D eigenvalue weighted by molar-refractivity contribution is 1.29. The minimum Gasteiger partial charge on any atom is -0.310 e. The van der Waals surface area contributed by atoms with Gasteiger partial charge in [0.15, 0.2) is 0 Å². The van der Waals surface area contributed by atoms with Gasteiger partial charge < -0.3 is 4.90 Å². The Morgan fingerprint density at radius 2 is 0.689 bits per heavy atom. The Balaban J connectivity index is 1.09. The highest BCUT2D eigenvalue weighted by molar-refractivity contribution is 6.09. The van der Waals surface area contributed by atoms with Gasteiger partial charge in [-0.15, -0.1) is 0 Å². The number of fused-ring (bicyclic) bond motifs is 4. The monoisotopic (exact) mass is 775 g/mol. The van der Waals surface area contributed by atoms with Gasteiger partial charge in [0.25, 0.3) is 0 Å². The first-order chi connectivity index (χ1) is 30.2. The molecule has 11 rings (SSSR count). The Morgan fingerprint density at radius 3 is 1.41 bits per heavy atom. The van der Waals surface area contributed by atoms with Crippen LogP contribution in [0, 0.1) is 0 Å². The molecule has 0 amide bonds. The van der Waals surface area contributed by atoms with E-state index in [0.717, 1.165) is 17.1 Å². The van der Waals surface area contributed by atoms with Crippen molar-refractivity contribution in [3.8, 4) is 55.6 Å². The largest absolute Gasteiger partial charge is 0.310 e. The second-order valence-electron chi connectivity index (χ2n) is 15.7.